The lowest BCUT2D eigenvalue weighted by Gasteiger charge is -2.04. The van der Waals surface area contributed by atoms with Crippen molar-refractivity contribution in [2.75, 3.05) is 13.2 Å². The first-order chi connectivity index (χ1) is 6.66. The molecule has 0 amide bonds. The summed E-state index contributed by atoms with van der Waals surface area (Å²) in [6.45, 7) is 7.86. The molecule has 0 fully saturated rings. The van der Waals surface area contributed by atoms with E-state index in [1.54, 1.807) is 15.3 Å². The van der Waals surface area contributed by atoms with E-state index < -0.39 is 0 Å². The number of hydrogen-bond donors (Lipinski definition) is 0. The maximum Gasteiger partial charge on any atom is 0.328 e. The molecule has 0 spiro atoms. The van der Waals surface area contributed by atoms with E-state index in [2.05, 4.69) is 0 Å². The van der Waals surface area contributed by atoms with Crippen molar-refractivity contribution < 1.29 is 4.74 Å². The first kappa shape index (κ1) is 11.0. The maximum atomic E-state index is 11.7. The van der Waals surface area contributed by atoms with Crippen molar-refractivity contribution in [2.45, 2.75) is 33.4 Å². The molecule has 1 rings (SSSR count). The van der Waals surface area contributed by atoms with Gasteiger partial charge in [-0.2, -0.15) is 0 Å². The van der Waals surface area contributed by atoms with Crippen LogP contribution in [-0.4, -0.2) is 22.3 Å². The quantitative estimate of drug-likeness (QED) is 0.668. The zero-order valence-electron chi connectivity index (χ0n) is 9.06. The summed E-state index contributed by atoms with van der Waals surface area (Å²) in [5.74, 6) is 0. The topological polar surface area (TPSA) is 36.2 Å². The third kappa shape index (κ3) is 2.48. The van der Waals surface area contributed by atoms with Crippen LogP contribution in [0.2, 0.25) is 0 Å². The lowest BCUT2D eigenvalue weighted by atomic mass is 10.4. The van der Waals surface area contributed by atoms with Crippen molar-refractivity contribution in [3.05, 3.63) is 22.9 Å². The molecule has 0 radical (unpaired) electrons. The number of ether oxygens (including phenoxy) is 1. The molecule has 80 valence electrons. The predicted molar refractivity (Wildman–Crippen MR) is 55.6 cm³/mol. The Hall–Kier alpha value is -1.03. The Labute approximate surface area is 84.1 Å². The average Bonchev–Trinajstić information content (AvgIpc) is 2.48. The van der Waals surface area contributed by atoms with E-state index in [1.165, 1.54) is 0 Å². The van der Waals surface area contributed by atoms with Gasteiger partial charge >= 0.3 is 5.69 Å². The number of rotatable bonds is 5. The molecule has 0 aliphatic heterocycles. The second-order valence-corrected chi connectivity index (χ2v) is 3.47. The van der Waals surface area contributed by atoms with Gasteiger partial charge in [0.15, 0.2) is 0 Å². The molecule has 14 heavy (non-hydrogen) atoms. The molecule has 0 bridgehead atoms. The zero-order chi connectivity index (χ0) is 10.6. The monoisotopic (exact) mass is 198 g/mol. The molecule has 4 nitrogen and oxygen atoms in total. The van der Waals surface area contributed by atoms with Crippen LogP contribution < -0.4 is 5.69 Å². The third-order valence-electron chi connectivity index (χ3n) is 2.11. The lowest BCUT2D eigenvalue weighted by molar-refractivity contribution is 0.138. The minimum atomic E-state index is 0.0414. The van der Waals surface area contributed by atoms with Gasteiger partial charge in [-0.05, 0) is 20.8 Å². The summed E-state index contributed by atoms with van der Waals surface area (Å²) in [5, 5.41) is 0. The van der Waals surface area contributed by atoms with Gasteiger partial charge in [-0.25, -0.2) is 4.79 Å². The molecule has 0 saturated heterocycles. The largest absolute Gasteiger partial charge is 0.380 e. The predicted octanol–water partition coefficient (Wildman–Crippen LogP) is 1.27. The Kier molecular flexibility index (Phi) is 3.95. The summed E-state index contributed by atoms with van der Waals surface area (Å²) in [6, 6.07) is 0.218. The van der Waals surface area contributed by atoms with Gasteiger partial charge in [0.05, 0.1) is 13.2 Å². The Morgan fingerprint density at radius 3 is 2.64 bits per heavy atom. The Bertz CT molecular complexity index is 325. The highest BCUT2D eigenvalue weighted by molar-refractivity contribution is 4.83. The molecule has 0 aliphatic carbocycles. The fourth-order valence-corrected chi connectivity index (χ4v) is 1.30. The van der Waals surface area contributed by atoms with Crippen LogP contribution in [0.4, 0.5) is 0 Å². The molecule has 1 aromatic rings. The van der Waals surface area contributed by atoms with Gasteiger partial charge in [-0.3, -0.25) is 9.13 Å². The van der Waals surface area contributed by atoms with Gasteiger partial charge in [0.1, 0.15) is 0 Å². The van der Waals surface area contributed by atoms with Crippen LogP contribution in [0.15, 0.2) is 17.2 Å². The first-order valence-corrected chi connectivity index (χ1v) is 5.01. The third-order valence-corrected chi connectivity index (χ3v) is 2.11. The molecule has 0 atom stereocenters. The molecule has 1 aromatic heterocycles. The smallest absolute Gasteiger partial charge is 0.328 e. The molecule has 0 N–H and O–H groups in total. The number of imidazole rings is 1. The van der Waals surface area contributed by atoms with Gasteiger partial charge in [0.2, 0.25) is 0 Å². The van der Waals surface area contributed by atoms with Crippen molar-refractivity contribution >= 4 is 0 Å². The number of aromatic nitrogens is 2. The SMILES string of the molecule is CCOCCn1ccn(C(C)C)c1=O. The second-order valence-electron chi connectivity index (χ2n) is 3.47. The summed E-state index contributed by atoms with van der Waals surface area (Å²) in [6.07, 6.45) is 3.63. The van der Waals surface area contributed by atoms with Gasteiger partial charge < -0.3 is 4.74 Å². The van der Waals surface area contributed by atoms with E-state index in [-0.39, 0.29) is 11.7 Å². The zero-order valence-corrected chi connectivity index (χ0v) is 9.06. The van der Waals surface area contributed by atoms with Gasteiger partial charge in [-0.15, -0.1) is 0 Å². The Morgan fingerprint density at radius 2 is 2.14 bits per heavy atom. The van der Waals surface area contributed by atoms with Crippen molar-refractivity contribution in [3.63, 3.8) is 0 Å². The van der Waals surface area contributed by atoms with Crippen molar-refractivity contribution in [1.29, 1.82) is 0 Å². The van der Waals surface area contributed by atoms with E-state index in [0.29, 0.717) is 19.8 Å². The Morgan fingerprint density at radius 1 is 1.43 bits per heavy atom. The highest BCUT2D eigenvalue weighted by Crippen LogP contribution is 1.98. The fraction of sp³-hybridized carbons (Fsp3) is 0.700. The molecular formula is C10H18N2O2. The van der Waals surface area contributed by atoms with Gasteiger partial charge in [-0.1, -0.05) is 0 Å². The van der Waals surface area contributed by atoms with Crippen LogP contribution in [0.5, 0.6) is 0 Å². The molecule has 1 heterocycles. The second kappa shape index (κ2) is 5.00. The minimum Gasteiger partial charge on any atom is -0.380 e. The fourth-order valence-electron chi connectivity index (χ4n) is 1.30. The van der Waals surface area contributed by atoms with Crippen LogP contribution in [0, 0.1) is 0 Å². The van der Waals surface area contributed by atoms with E-state index in [0.717, 1.165) is 0 Å². The number of hydrogen-bond acceptors (Lipinski definition) is 2. The van der Waals surface area contributed by atoms with Crippen LogP contribution >= 0.6 is 0 Å². The normalized spacial score (nSPS) is 11.1. The highest BCUT2D eigenvalue weighted by atomic mass is 16.5. The van der Waals surface area contributed by atoms with Crippen molar-refractivity contribution in [3.8, 4) is 0 Å². The average molecular weight is 198 g/mol. The summed E-state index contributed by atoms with van der Waals surface area (Å²) in [4.78, 5) is 11.7. The van der Waals surface area contributed by atoms with Crippen molar-refractivity contribution in [1.82, 2.24) is 9.13 Å². The standard InChI is InChI=1S/C10H18N2O2/c1-4-14-8-7-11-5-6-12(9(2)3)10(11)13/h5-6,9H,4,7-8H2,1-3H3. The summed E-state index contributed by atoms with van der Waals surface area (Å²) in [7, 11) is 0. The molecular weight excluding hydrogens is 180 g/mol. The minimum absolute atomic E-state index is 0.0414. The van der Waals surface area contributed by atoms with Gasteiger partial charge in [0, 0.05) is 25.0 Å². The molecule has 0 aromatic carbocycles. The van der Waals surface area contributed by atoms with Crippen LogP contribution in [0.25, 0.3) is 0 Å². The Balaban J connectivity index is 2.65. The summed E-state index contributed by atoms with van der Waals surface area (Å²) in [5.41, 5.74) is 0.0414. The summed E-state index contributed by atoms with van der Waals surface area (Å²) < 4.78 is 8.58. The first-order valence-electron chi connectivity index (χ1n) is 5.01. The van der Waals surface area contributed by atoms with E-state index >= 15 is 0 Å². The highest BCUT2D eigenvalue weighted by Gasteiger charge is 2.04. The van der Waals surface area contributed by atoms with Gasteiger partial charge in [0.25, 0.3) is 0 Å². The van der Waals surface area contributed by atoms with E-state index in [1.807, 2.05) is 27.0 Å². The molecule has 0 unspecified atom stereocenters. The summed E-state index contributed by atoms with van der Waals surface area (Å²) >= 11 is 0. The molecule has 0 aliphatic rings. The van der Waals surface area contributed by atoms with Crippen LogP contribution in [0.3, 0.4) is 0 Å². The lowest BCUT2D eigenvalue weighted by Crippen LogP contribution is -2.26. The van der Waals surface area contributed by atoms with Crippen LogP contribution in [0.1, 0.15) is 26.8 Å². The van der Waals surface area contributed by atoms with Crippen molar-refractivity contribution in [2.24, 2.45) is 0 Å². The maximum absolute atomic E-state index is 11.7. The van der Waals surface area contributed by atoms with Crippen LogP contribution in [-0.2, 0) is 11.3 Å². The van der Waals surface area contributed by atoms with E-state index in [9.17, 15) is 4.79 Å². The number of nitrogens with zero attached hydrogens (tertiary/aromatic N) is 2. The molecule has 0 saturated carbocycles. The molecule has 4 heteroatoms. The van der Waals surface area contributed by atoms with E-state index in [4.69, 9.17) is 4.74 Å².